The fourth-order valence-electron chi connectivity index (χ4n) is 13.0. The Bertz CT molecular complexity index is 4230. The molecule has 0 unspecified atom stereocenters. The lowest BCUT2D eigenvalue weighted by Gasteiger charge is -2.47. The van der Waals surface area contributed by atoms with Crippen LogP contribution in [0.25, 0.3) is 66.1 Å². The highest BCUT2D eigenvalue weighted by atomic mass is 16.6. The largest absolute Gasteiger partial charge is 0.455 e. The van der Waals surface area contributed by atoms with Gasteiger partial charge < -0.3 is 28.0 Å². The van der Waals surface area contributed by atoms with Gasteiger partial charge in [-0.25, -0.2) is 0 Å². The Hall–Kier alpha value is -8.16. The minimum atomic E-state index is -0.388. The van der Waals surface area contributed by atoms with Crippen molar-refractivity contribution < 1.29 is 18.3 Å². The first-order chi connectivity index (χ1) is 35.7. The number of para-hydroxylation sites is 4. The molecule has 15 rings (SSSR count). The second-order valence-corrected chi connectivity index (χ2v) is 23.5. The normalized spacial score (nSPS) is 15.8. The van der Waals surface area contributed by atoms with Crippen molar-refractivity contribution in [3.05, 3.63) is 186 Å². The van der Waals surface area contributed by atoms with Gasteiger partial charge in [0, 0.05) is 67.2 Å². The summed E-state index contributed by atoms with van der Waals surface area (Å²) in [4.78, 5) is 5.15. The molecule has 5 heterocycles. The van der Waals surface area contributed by atoms with Gasteiger partial charge in [-0.15, -0.1) is 0 Å². The number of rotatable bonds is 3. The van der Waals surface area contributed by atoms with Crippen LogP contribution in [0, 0.1) is 6.92 Å². The zero-order valence-electron chi connectivity index (χ0n) is 43.1. The Morgan fingerprint density at radius 3 is 1.77 bits per heavy atom. The Morgan fingerprint density at radius 2 is 1.08 bits per heavy atom. The number of ether oxygens (including phenoxy) is 2. The molecule has 0 saturated heterocycles. The molecular weight excluding hydrogens is 908 g/mol. The Morgan fingerprint density at radius 1 is 0.486 bits per heavy atom. The van der Waals surface area contributed by atoms with E-state index in [0.717, 1.165) is 118 Å². The summed E-state index contributed by atoms with van der Waals surface area (Å²) < 4.78 is 28.3. The summed E-state index contributed by atoms with van der Waals surface area (Å²) in [5, 5.41) is 4.26. The molecule has 0 N–H and O–H groups in total. The summed E-state index contributed by atoms with van der Waals surface area (Å²) in [6.45, 7) is 18.5. The third kappa shape index (κ3) is 6.07. The van der Waals surface area contributed by atoms with Crippen LogP contribution in [0.2, 0.25) is 0 Å². The van der Waals surface area contributed by atoms with Crippen molar-refractivity contribution in [2.45, 2.75) is 84.5 Å². The van der Waals surface area contributed by atoms with Gasteiger partial charge in [-0.2, -0.15) is 0 Å². The van der Waals surface area contributed by atoms with Gasteiger partial charge in [0.2, 0.25) is 0 Å². The lowest BCUT2D eigenvalue weighted by atomic mass is 9.43. The van der Waals surface area contributed by atoms with E-state index in [1.165, 1.54) is 22.3 Å². The van der Waals surface area contributed by atoms with E-state index in [0.29, 0.717) is 23.0 Å². The molecule has 1 aliphatic carbocycles. The van der Waals surface area contributed by atoms with E-state index >= 15 is 0 Å². The Balaban J connectivity index is 1.14. The molecule has 0 saturated carbocycles. The molecule has 0 bridgehead atoms. The molecule has 11 aromatic rings. The van der Waals surface area contributed by atoms with Crippen molar-refractivity contribution in [2.75, 3.05) is 9.71 Å². The zero-order chi connectivity index (χ0) is 50.2. The maximum absolute atomic E-state index is 7.27. The predicted molar refractivity (Wildman–Crippen MR) is 305 cm³/mol. The molecule has 360 valence electrons. The molecule has 2 aromatic heterocycles. The first kappa shape index (κ1) is 43.4. The Kier molecular flexibility index (Phi) is 8.79. The Labute approximate surface area is 431 Å². The van der Waals surface area contributed by atoms with Crippen LogP contribution >= 0.6 is 0 Å². The van der Waals surface area contributed by atoms with Crippen LogP contribution in [0.15, 0.2) is 173 Å². The van der Waals surface area contributed by atoms with Gasteiger partial charge >= 0.3 is 6.85 Å². The number of fused-ring (bicyclic) bond motifs is 15. The van der Waals surface area contributed by atoms with Crippen LogP contribution in [0.3, 0.4) is 0 Å². The van der Waals surface area contributed by atoms with Crippen LogP contribution in [-0.2, 0) is 16.2 Å². The SMILES string of the molecule is Cc1cc2c(cc1N1c3cc4c(cc3B3c5c1cc1c(oc6ccccc61)c5-c1c(ccc5c1oc1ccccc15)N3c1ccc(C(C)(C)C)cc1-c1ccccc1)Oc1ccccc1O4)C(C)(C)CCC2(C)C. The topological polar surface area (TPSA) is 51.2 Å². The highest BCUT2D eigenvalue weighted by molar-refractivity contribution is 6.94. The highest BCUT2D eigenvalue weighted by Crippen LogP contribution is 2.57. The molecule has 7 heteroatoms. The summed E-state index contributed by atoms with van der Waals surface area (Å²) in [6, 6.07) is 59.4. The summed E-state index contributed by atoms with van der Waals surface area (Å²) in [6.07, 6.45) is 2.24. The average Bonchev–Trinajstić information content (AvgIpc) is 4.05. The molecule has 0 fully saturated rings. The zero-order valence-corrected chi connectivity index (χ0v) is 43.1. The minimum Gasteiger partial charge on any atom is -0.455 e. The van der Waals surface area contributed by atoms with Gasteiger partial charge in [0.15, 0.2) is 23.0 Å². The molecule has 9 aromatic carbocycles. The van der Waals surface area contributed by atoms with E-state index in [-0.39, 0.29) is 23.1 Å². The number of hydrogen-bond acceptors (Lipinski definition) is 6. The van der Waals surface area contributed by atoms with Gasteiger partial charge in [-0.3, -0.25) is 0 Å². The summed E-state index contributed by atoms with van der Waals surface area (Å²) >= 11 is 0. The molecule has 0 spiro atoms. The molecule has 0 radical (unpaired) electrons. The van der Waals surface area contributed by atoms with Crippen LogP contribution in [0.5, 0.6) is 23.0 Å². The smallest absolute Gasteiger partial charge is 0.333 e. The van der Waals surface area contributed by atoms with E-state index in [2.05, 4.69) is 205 Å². The molecule has 74 heavy (non-hydrogen) atoms. The van der Waals surface area contributed by atoms with E-state index in [1.54, 1.807) is 0 Å². The number of hydrogen-bond donors (Lipinski definition) is 0. The monoisotopic (exact) mass is 962 g/mol. The van der Waals surface area contributed by atoms with E-state index in [9.17, 15) is 0 Å². The van der Waals surface area contributed by atoms with E-state index < -0.39 is 0 Å². The van der Waals surface area contributed by atoms with Crippen molar-refractivity contribution >= 4 is 90.1 Å². The summed E-state index contributed by atoms with van der Waals surface area (Å²) in [7, 11) is 0. The summed E-state index contributed by atoms with van der Waals surface area (Å²) in [5.41, 5.74) is 20.5. The number of aryl methyl sites for hydroxylation is 1. The van der Waals surface area contributed by atoms with Crippen LogP contribution in [-0.4, -0.2) is 6.85 Å². The molecule has 0 amide bonds. The van der Waals surface area contributed by atoms with Gasteiger partial charge in [0.05, 0.1) is 5.56 Å². The number of nitrogens with zero attached hydrogens (tertiary/aromatic N) is 2. The second-order valence-electron chi connectivity index (χ2n) is 23.5. The molecular formula is C67H55BN2O4. The van der Waals surface area contributed by atoms with Crippen LogP contribution < -0.4 is 30.1 Å². The fourth-order valence-corrected chi connectivity index (χ4v) is 13.0. The number of anilines is 5. The fraction of sp³-hybridized carbons (Fsp3) is 0.194. The van der Waals surface area contributed by atoms with E-state index in [1.807, 2.05) is 24.3 Å². The van der Waals surface area contributed by atoms with Gasteiger partial charge in [-0.05, 0) is 141 Å². The van der Waals surface area contributed by atoms with Crippen molar-refractivity contribution in [3.63, 3.8) is 0 Å². The third-order valence-corrected chi connectivity index (χ3v) is 17.0. The average molecular weight is 963 g/mol. The van der Waals surface area contributed by atoms with Crippen LogP contribution in [0.4, 0.5) is 28.4 Å². The van der Waals surface area contributed by atoms with Crippen molar-refractivity contribution in [1.82, 2.24) is 0 Å². The molecule has 3 aliphatic heterocycles. The van der Waals surface area contributed by atoms with Gasteiger partial charge in [-0.1, -0.05) is 139 Å². The first-order valence-corrected chi connectivity index (χ1v) is 26.2. The summed E-state index contributed by atoms with van der Waals surface area (Å²) in [5.74, 6) is 2.73. The van der Waals surface area contributed by atoms with Crippen molar-refractivity contribution in [1.29, 1.82) is 0 Å². The van der Waals surface area contributed by atoms with Crippen molar-refractivity contribution in [2.24, 2.45) is 0 Å². The van der Waals surface area contributed by atoms with Gasteiger partial charge in [0.1, 0.15) is 22.3 Å². The second kappa shape index (κ2) is 15.0. The number of furan rings is 2. The molecule has 4 aliphatic rings. The molecule has 0 atom stereocenters. The quantitative estimate of drug-likeness (QED) is 0.164. The van der Waals surface area contributed by atoms with E-state index in [4.69, 9.17) is 18.3 Å². The van der Waals surface area contributed by atoms with Crippen LogP contribution in [0.1, 0.15) is 83.6 Å². The standard InChI is InChI=1S/C67H55BN2O4/c1-38-32-46-47(67(7,8)31-30-66(46,5)6)35-51(38)69-52-37-59-58(71-56-24-16-17-25-57(56)72-59)36-48(52)68-62-53(69)34-45-42-21-13-15-23-55(42)74-64(45)61(62)60-50(29-27-43-41-20-12-14-22-54(41)73-63(43)60)70(68)49-28-26-40(65(2,3)4)33-44(49)39-18-10-9-11-19-39/h9-29,32-37H,30-31H2,1-8H3. The minimum absolute atomic E-state index is 0.0334. The van der Waals surface area contributed by atoms with Crippen molar-refractivity contribution in [3.8, 4) is 45.3 Å². The predicted octanol–water partition coefficient (Wildman–Crippen LogP) is 17.7. The first-order valence-electron chi connectivity index (χ1n) is 26.2. The third-order valence-electron chi connectivity index (χ3n) is 17.0. The maximum atomic E-state index is 7.27. The lowest BCUT2D eigenvalue weighted by Crippen LogP contribution is -2.61. The van der Waals surface area contributed by atoms with Gasteiger partial charge in [0.25, 0.3) is 0 Å². The highest BCUT2D eigenvalue weighted by Gasteiger charge is 2.50. The molecule has 6 nitrogen and oxygen atoms in total. The maximum Gasteiger partial charge on any atom is 0.333 e. The number of benzene rings is 9. The lowest BCUT2D eigenvalue weighted by molar-refractivity contribution is 0.332.